The molecule has 0 saturated carbocycles. The molecule has 2 heteroatoms. The standard InChI is InChI=1S/C22H14NO/c1-2-8-15(9-3-1)21-17-11-4-6-12-19(17)23-22(21)18-14-24-20-13-7-5-10-16(18)20/h1-13,23H. The Kier molecular flexibility index (Phi) is 2.83. The van der Waals surface area contributed by atoms with Crippen LogP contribution in [-0.2, 0) is 0 Å². The van der Waals surface area contributed by atoms with E-state index in [-0.39, 0.29) is 0 Å². The lowest BCUT2D eigenvalue weighted by atomic mass is 9.98. The number of aromatic amines is 1. The molecule has 24 heavy (non-hydrogen) atoms. The minimum atomic E-state index is 0.852. The van der Waals surface area contributed by atoms with Gasteiger partial charge in [0.1, 0.15) is 5.58 Å². The van der Waals surface area contributed by atoms with Crippen molar-refractivity contribution >= 4 is 21.9 Å². The van der Waals surface area contributed by atoms with E-state index in [2.05, 4.69) is 65.8 Å². The third-order valence-corrected chi connectivity index (χ3v) is 4.44. The second kappa shape index (κ2) is 5.14. The summed E-state index contributed by atoms with van der Waals surface area (Å²) < 4.78 is 5.65. The molecule has 113 valence electrons. The first kappa shape index (κ1) is 13.2. The number of fused-ring (bicyclic) bond motifs is 2. The van der Waals surface area contributed by atoms with Crippen LogP contribution in [0.15, 0.2) is 83.3 Å². The van der Waals surface area contributed by atoms with Crippen LogP contribution in [0.4, 0.5) is 0 Å². The Morgan fingerprint density at radius 2 is 1.42 bits per heavy atom. The lowest BCUT2D eigenvalue weighted by molar-refractivity contribution is 0.607. The van der Waals surface area contributed by atoms with Gasteiger partial charge in [0, 0.05) is 21.9 Å². The normalized spacial score (nSPS) is 11.3. The molecule has 0 spiro atoms. The summed E-state index contributed by atoms with van der Waals surface area (Å²) in [6, 6.07) is 26.9. The minimum absolute atomic E-state index is 0.852. The SMILES string of the molecule is [c]1oc2ccccc2c1-c1[nH]c2ccccc2c1-c1ccccc1. The van der Waals surface area contributed by atoms with Crippen LogP contribution in [0.2, 0.25) is 0 Å². The fourth-order valence-corrected chi connectivity index (χ4v) is 3.34. The summed E-state index contributed by atoms with van der Waals surface area (Å²) in [5.41, 5.74) is 6.36. The first-order valence-electron chi connectivity index (χ1n) is 7.97. The lowest BCUT2D eigenvalue weighted by Gasteiger charge is -2.04. The van der Waals surface area contributed by atoms with Crippen molar-refractivity contribution in [3.8, 4) is 22.4 Å². The highest BCUT2D eigenvalue weighted by Crippen LogP contribution is 2.40. The highest BCUT2D eigenvalue weighted by Gasteiger charge is 2.18. The molecule has 1 radical (unpaired) electrons. The van der Waals surface area contributed by atoms with Crippen molar-refractivity contribution in [2.24, 2.45) is 0 Å². The molecular weight excluding hydrogens is 294 g/mol. The monoisotopic (exact) mass is 308 g/mol. The first-order valence-corrected chi connectivity index (χ1v) is 7.97. The average molecular weight is 308 g/mol. The van der Waals surface area contributed by atoms with Gasteiger partial charge in [-0.2, -0.15) is 0 Å². The number of hydrogen-bond acceptors (Lipinski definition) is 1. The predicted octanol–water partition coefficient (Wildman–Crippen LogP) is 6.05. The van der Waals surface area contributed by atoms with Crippen molar-refractivity contribution in [3.63, 3.8) is 0 Å². The zero-order valence-corrected chi connectivity index (χ0v) is 12.9. The average Bonchev–Trinajstić information content (AvgIpc) is 3.23. The maximum Gasteiger partial charge on any atom is 0.180 e. The minimum Gasteiger partial charge on any atom is -0.452 e. The van der Waals surface area contributed by atoms with Crippen LogP contribution in [-0.4, -0.2) is 4.98 Å². The fourth-order valence-electron chi connectivity index (χ4n) is 3.34. The van der Waals surface area contributed by atoms with Gasteiger partial charge in [-0.15, -0.1) is 0 Å². The summed E-state index contributed by atoms with van der Waals surface area (Å²) in [4.78, 5) is 3.57. The van der Waals surface area contributed by atoms with E-state index in [0.29, 0.717) is 0 Å². The van der Waals surface area contributed by atoms with Crippen molar-refractivity contribution < 1.29 is 4.42 Å². The number of nitrogens with one attached hydrogen (secondary N) is 1. The van der Waals surface area contributed by atoms with E-state index in [1.807, 2.05) is 24.3 Å². The molecule has 0 unspecified atom stereocenters. The van der Waals surface area contributed by atoms with E-state index < -0.39 is 0 Å². The molecule has 0 saturated heterocycles. The Labute approximate surface area is 139 Å². The highest BCUT2D eigenvalue weighted by molar-refractivity contribution is 6.07. The number of aromatic nitrogens is 1. The van der Waals surface area contributed by atoms with E-state index in [9.17, 15) is 0 Å². The first-order chi connectivity index (χ1) is 11.9. The summed E-state index contributed by atoms with van der Waals surface area (Å²) >= 11 is 0. The smallest absolute Gasteiger partial charge is 0.180 e. The number of furan rings is 1. The molecular formula is C22H14NO. The third kappa shape index (κ3) is 1.90. The molecule has 0 aliphatic heterocycles. The second-order valence-electron chi connectivity index (χ2n) is 5.86. The summed E-state index contributed by atoms with van der Waals surface area (Å²) in [6.07, 6.45) is 3.09. The predicted molar refractivity (Wildman–Crippen MR) is 97.8 cm³/mol. The lowest BCUT2D eigenvalue weighted by Crippen LogP contribution is -1.81. The van der Waals surface area contributed by atoms with Crippen molar-refractivity contribution in [3.05, 3.63) is 85.1 Å². The van der Waals surface area contributed by atoms with Gasteiger partial charge >= 0.3 is 0 Å². The molecule has 0 aliphatic rings. The number of benzene rings is 3. The number of H-pyrrole nitrogens is 1. The van der Waals surface area contributed by atoms with Crippen LogP contribution in [0.3, 0.4) is 0 Å². The zero-order chi connectivity index (χ0) is 15.9. The molecule has 2 nitrogen and oxygen atoms in total. The van der Waals surface area contributed by atoms with Gasteiger partial charge in [-0.3, -0.25) is 0 Å². The van der Waals surface area contributed by atoms with E-state index in [0.717, 1.165) is 27.7 Å². The second-order valence-corrected chi connectivity index (χ2v) is 5.86. The zero-order valence-electron chi connectivity index (χ0n) is 12.9. The van der Waals surface area contributed by atoms with E-state index in [1.54, 1.807) is 0 Å². The molecule has 0 fully saturated rings. The van der Waals surface area contributed by atoms with Gasteiger partial charge in [0.15, 0.2) is 6.26 Å². The molecule has 5 aromatic rings. The molecule has 2 heterocycles. The van der Waals surface area contributed by atoms with Crippen molar-refractivity contribution in [1.82, 2.24) is 4.98 Å². The van der Waals surface area contributed by atoms with Crippen LogP contribution < -0.4 is 0 Å². The Hall–Kier alpha value is -3.26. The van der Waals surface area contributed by atoms with Crippen molar-refractivity contribution in [1.29, 1.82) is 0 Å². The Morgan fingerprint density at radius 1 is 0.708 bits per heavy atom. The maximum absolute atomic E-state index is 5.65. The number of hydrogen-bond donors (Lipinski definition) is 1. The van der Waals surface area contributed by atoms with Crippen LogP contribution in [0, 0.1) is 6.26 Å². The molecule has 0 bridgehead atoms. The van der Waals surface area contributed by atoms with Crippen molar-refractivity contribution in [2.75, 3.05) is 0 Å². The van der Waals surface area contributed by atoms with Gasteiger partial charge in [0.25, 0.3) is 0 Å². The highest BCUT2D eigenvalue weighted by atomic mass is 16.3. The van der Waals surface area contributed by atoms with E-state index >= 15 is 0 Å². The third-order valence-electron chi connectivity index (χ3n) is 4.44. The van der Waals surface area contributed by atoms with Crippen LogP contribution in [0.25, 0.3) is 44.3 Å². The summed E-state index contributed by atoms with van der Waals surface area (Å²) in [7, 11) is 0. The fraction of sp³-hybridized carbons (Fsp3) is 0. The van der Waals surface area contributed by atoms with Gasteiger partial charge in [-0.25, -0.2) is 0 Å². The number of para-hydroxylation sites is 2. The van der Waals surface area contributed by atoms with Gasteiger partial charge in [0.05, 0.1) is 11.3 Å². The molecule has 0 amide bonds. The summed E-state index contributed by atoms with van der Waals surface area (Å²) in [5, 5.41) is 2.28. The van der Waals surface area contributed by atoms with Gasteiger partial charge in [0.2, 0.25) is 0 Å². The summed E-state index contributed by atoms with van der Waals surface area (Å²) in [6.45, 7) is 0. The van der Waals surface area contributed by atoms with E-state index in [4.69, 9.17) is 4.42 Å². The van der Waals surface area contributed by atoms with E-state index in [1.165, 1.54) is 16.5 Å². The Balaban J connectivity index is 1.89. The Bertz CT molecular complexity index is 1150. The molecule has 0 atom stereocenters. The van der Waals surface area contributed by atoms with Crippen LogP contribution in [0.5, 0.6) is 0 Å². The van der Waals surface area contributed by atoms with Gasteiger partial charge < -0.3 is 9.40 Å². The molecule has 2 aromatic heterocycles. The molecule has 0 aliphatic carbocycles. The largest absolute Gasteiger partial charge is 0.452 e. The quantitative estimate of drug-likeness (QED) is 0.422. The van der Waals surface area contributed by atoms with Crippen molar-refractivity contribution in [2.45, 2.75) is 0 Å². The van der Waals surface area contributed by atoms with Crippen LogP contribution >= 0.6 is 0 Å². The molecule has 1 N–H and O–H groups in total. The number of rotatable bonds is 2. The van der Waals surface area contributed by atoms with Crippen LogP contribution in [0.1, 0.15) is 0 Å². The molecule has 5 rings (SSSR count). The molecule has 3 aromatic carbocycles. The Morgan fingerprint density at radius 3 is 2.29 bits per heavy atom. The van der Waals surface area contributed by atoms with Gasteiger partial charge in [-0.05, 0) is 17.7 Å². The topological polar surface area (TPSA) is 28.9 Å². The maximum atomic E-state index is 5.65. The van der Waals surface area contributed by atoms with Gasteiger partial charge in [-0.1, -0.05) is 66.7 Å². The summed E-state index contributed by atoms with van der Waals surface area (Å²) in [5.74, 6) is 0.